The highest BCUT2D eigenvalue weighted by atomic mass is 32.2. The molecule has 8 heteroatoms. The number of benzene rings is 2. The minimum Gasteiger partial charge on any atom is -0.478 e. The monoisotopic (exact) mass is 396 g/mol. The van der Waals surface area contributed by atoms with Crippen molar-refractivity contribution in [1.29, 1.82) is 0 Å². The summed E-state index contributed by atoms with van der Waals surface area (Å²) in [5.74, 6) is -1.73. The van der Waals surface area contributed by atoms with E-state index in [1.54, 1.807) is 48.5 Å². The number of imide groups is 1. The van der Waals surface area contributed by atoms with Crippen LogP contribution in [0.25, 0.3) is 0 Å². The minimum absolute atomic E-state index is 0.270. The number of hydrogen-bond acceptors (Lipinski definition) is 5. The second kappa shape index (κ2) is 8.53. The number of rotatable bonds is 7. The highest BCUT2D eigenvalue weighted by Gasteiger charge is 2.34. The number of carboxylic acid groups (broad SMARTS) is 1. The van der Waals surface area contributed by atoms with Crippen LogP contribution in [-0.4, -0.2) is 46.0 Å². The number of fused-ring (bicyclic) bond motifs is 1. The van der Waals surface area contributed by atoms with Gasteiger partial charge >= 0.3 is 5.97 Å². The van der Waals surface area contributed by atoms with Crippen molar-refractivity contribution in [3.63, 3.8) is 0 Å². The molecule has 3 rings (SSSR count). The first-order valence-electron chi connectivity index (χ1n) is 8.36. The number of aliphatic carboxylic acids is 1. The smallest absolute Gasteiger partial charge is 0.328 e. The van der Waals surface area contributed by atoms with Crippen LogP contribution in [0.5, 0.6) is 0 Å². The van der Waals surface area contributed by atoms with Gasteiger partial charge in [0.25, 0.3) is 11.8 Å². The fraction of sp³-hybridized carbons (Fsp3) is 0.100. The Bertz CT molecular complexity index is 934. The molecule has 1 heterocycles. The van der Waals surface area contributed by atoms with Gasteiger partial charge in [-0.05, 0) is 36.4 Å². The van der Waals surface area contributed by atoms with Crippen LogP contribution in [0.3, 0.4) is 0 Å². The largest absolute Gasteiger partial charge is 0.478 e. The van der Waals surface area contributed by atoms with E-state index in [9.17, 15) is 19.2 Å². The van der Waals surface area contributed by atoms with Crippen LogP contribution in [0.15, 0.2) is 65.6 Å². The predicted molar refractivity (Wildman–Crippen MR) is 104 cm³/mol. The summed E-state index contributed by atoms with van der Waals surface area (Å²) in [7, 11) is 0. The van der Waals surface area contributed by atoms with Gasteiger partial charge < -0.3 is 10.4 Å². The van der Waals surface area contributed by atoms with Gasteiger partial charge in [-0.15, -0.1) is 11.8 Å². The molecule has 2 N–H and O–H groups in total. The molecule has 7 nitrogen and oxygen atoms in total. The maximum Gasteiger partial charge on any atom is 0.328 e. The number of amides is 3. The molecule has 0 spiro atoms. The Morgan fingerprint density at radius 1 is 0.964 bits per heavy atom. The summed E-state index contributed by atoms with van der Waals surface area (Å²) < 4.78 is 0. The number of carbonyl (C=O) groups is 4. The topological polar surface area (TPSA) is 104 Å². The third-order valence-electron chi connectivity index (χ3n) is 3.96. The molecule has 28 heavy (non-hydrogen) atoms. The second-order valence-electron chi connectivity index (χ2n) is 5.84. The molecular formula is C20H16N2O5S. The Morgan fingerprint density at radius 2 is 1.57 bits per heavy atom. The Kier molecular flexibility index (Phi) is 5.90. The van der Waals surface area contributed by atoms with Crippen LogP contribution in [0.4, 0.5) is 5.69 Å². The second-order valence-corrected chi connectivity index (χ2v) is 7.01. The number of nitrogens with one attached hydrogen (secondary N) is 1. The zero-order chi connectivity index (χ0) is 20.1. The lowest BCUT2D eigenvalue weighted by Gasteiger charge is -2.13. The van der Waals surface area contributed by atoms with Crippen LogP contribution < -0.4 is 5.32 Å². The van der Waals surface area contributed by atoms with E-state index in [2.05, 4.69) is 5.32 Å². The van der Waals surface area contributed by atoms with Gasteiger partial charge in [0.15, 0.2) is 0 Å². The average Bonchev–Trinajstić information content (AvgIpc) is 2.93. The molecule has 3 amide bonds. The molecule has 2 aromatic carbocycles. The molecule has 0 atom stereocenters. The quantitative estimate of drug-likeness (QED) is 0.424. The first-order chi connectivity index (χ1) is 13.5. The number of anilines is 1. The number of thioether (sulfide) groups is 1. The highest BCUT2D eigenvalue weighted by molar-refractivity contribution is 7.99. The lowest BCUT2D eigenvalue weighted by Crippen LogP contribution is -2.31. The molecule has 0 aromatic heterocycles. The van der Waals surface area contributed by atoms with E-state index in [1.807, 2.05) is 0 Å². The van der Waals surface area contributed by atoms with Crippen LogP contribution in [0.1, 0.15) is 20.7 Å². The standard InChI is InChI=1S/C20H16N2O5S/c23-17(9-10-18(24)25)21-13-5-7-14(8-6-13)28-12-11-22-19(26)15-3-1-2-4-16(15)20(22)27/h1-10H,11-12H2,(H,21,23)(H,24,25)/b10-9+. The molecule has 0 saturated carbocycles. The molecule has 2 aromatic rings. The van der Waals surface area contributed by atoms with Crippen molar-refractivity contribution in [1.82, 2.24) is 4.90 Å². The summed E-state index contributed by atoms with van der Waals surface area (Å²) in [4.78, 5) is 48.7. The molecule has 0 radical (unpaired) electrons. The Hall–Kier alpha value is -3.39. The van der Waals surface area contributed by atoms with E-state index in [0.717, 1.165) is 17.0 Å². The van der Waals surface area contributed by atoms with Crippen molar-refractivity contribution in [3.8, 4) is 0 Å². The van der Waals surface area contributed by atoms with Crippen LogP contribution in [0.2, 0.25) is 0 Å². The lowest BCUT2D eigenvalue weighted by molar-refractivity contribution is -0.131. The Morgan fingerprint density at radius 3 is 2.14 bits per heavy atom. The van der Waals surface area contributed by atoms with E-state index in [4.69, 9.17) is 5.11 Å². The van der Waals surface area contributed by atoms with Gasteiger partial charge in [-0.2, -0.15) is 0 Å². The van der Waals surface area contributed by atoms with Gasteiger partial charge in [0, 0.05) is 35.0 Å². The molecule has 0 aliphatic carbocycles. The zero-order valence-electron chi connectivity index (χ0n) is 14.6. The van der Waals surface area contributed by atoms with Gasteiger partial charge in [0.05, 0.1) is 11.1 Å². The molecule has 0 unspecified atom stereocenters. The predicted octanol–water partition coefficient (Wildman–Crippen LogP) is 2.65. The molecule has 142 valence electrons. The zero-order valence-corrected chi connectivity index (χ0v) is 15.4. The average molecular weight is 396 g/mol. The summed E-state index contributed by atoms with van der Waals surface area (Å²) in [6.07, 6.45) is 1.70. The normalized spacial score (nSPS) is 13.1. The van der Waals surface area contributed by atoms with Crippen molar-refractivity contribution in [2.75, 3.05) is 17.6 Å². The van der Waals surface area contributed by atoms with Crippen molar-refractivity contribution in [3.05, 3.63) is 71.8 Å². The molecule has 0 saturated heterocycles. The number of carboxylic acids is 1. The SMILES string of the molecule is O=C(O)/C=C/C(=O)Nc1ccc(SCCN2C(=O)c3ccccc3C2=O)cc1. The number of hydrogen-bond donors (Lipinski definition) is 2. The Balaban J connectivity index is 1.51. The summed E-state index contributed by atoms with van der Waals surface area (Å²) in [6.45, 7) is 0.301. The maximum absolute atomic E-state index is 12.3. The molecule has 0 bridgehead atoms. The third-order valence-corrected chi connectivity index (χ3v) is 4.95. The van der Waals surface area contributed by atoms with Crippen LogP contribution >= 0.6 is 11.8 Å². The Labute approximate surface area is 165 Å². The highest BCUT2D eigenvalue weighted by Crippen LogP contribution is 2.25. The first-order valence-corrected chi connectivity index (χ1v) is 9.34. The molecule has 0 fully saturated rings. The van der Waals surface area contributed by atoms with Gasteiger partial charge in [0.2, 0.25) is 5.91 Å². The van der Waals surface area contributed by atoms with Crippen molar-refractivity contribution in [2.24, 2.45) is 0 Å². The third kappa shape index (κ3) is 4.47. The van der Waals surface area contributed by atoms with Gasteiger partial charge in [-0.25, -0.2) is 4.79 Å². The number of carbonyl (C=O) groups excluding carboxylic acids is 3. The van der Waals surface area contributed by atoms with E-state index >= 15 is 0 Å². The van der Waals surface area contributed by atoms with E-state index in [1.165, 1.54) is 16.7 Å². The van der Waals surface area contributed by atoms with E-state index < -0.39 is 11.9 Å². The fourth-order valence-corrected chi connectivity index (χ4v) is 3.50. The molecule has 1 aliphatic rings. The summed E-state index contributed by atoms with van der Waals surface area (Å²) in [6, 6.07) is 13.8. The maximum atomic E-state index is 12.3. The fourth-order valence-electron chi connectivity index (χ4n) is 2.66. The van der Waals surface area contributed by atoms with Crippen molar-refractivity contribution < 1.29 is 24.3 Å². The van der Waals surface area contributed by atoms with Crippen molar-refractivity contribution >= 4 is 41.1 Å². The van der Waals surface area contributed by atoms with E-state index in [-0.39, 0.29) is 11.8 Å². The lowest BCUT2D eigenvalue weighted by atomic mass is 10.1. The van der Waals surface area contributed by atoms with Gasteiger partial charge in [-0.1, -0.05) is 12.1 Å². The van der Waals surface area contributed by atoms with Crippen molar-refractivity contribution in [2.45, 2.75) is 4.90 Å². The molecular weight excluding hydrogens is 380 g/mol. The van der Waals surface area contributed by atoms with E-state index in [0.29, 0.717) is 29.1 Å². The summed E-state index contributed by atoms with van der Waals surface area (Å²) >= 11 is 1.48. The van der Waals surface area contributed by atoms with Gasteiger partial charge in [0.1, 0.15) is 0 Å². The summed E-state index contributed by atoms with van der Waals surface area (Å²) in [5, 5.41) is 11.0. The number of nitrogens with zero attached hydrogens (tertiary/aromatic N) is 1. The molecule has 1 aliphatic heterocycles. The summed E-state index contributed by atoms with van der Waals surface area (Å²) in [5.41, 5.74) is 1.41. The first kappa shape index (κ1) is 19.4. The minimum atomic E-state index is -1.19. The van der Waals surface area contributed by atoms with Gasteiger partial charge in [-0.3, -0.25) is 19.3 Å². The van der Waals surface area contributed by atoms with Crippen LogP contribution in [0, 0.1) is 0 Å². The van der Waals surface area contributed by atoms with Crippen LogP contribution in [-0.2, 0) is 9.59 Å².